The summed E-state index contributed by atoms with van der Waals surface area (Å²) in [6, 6.07) is 22.7. The van der Waals surface area contributed by atoms with Gasteiger partial charge in [-0.25, -0.2) is 4.99 Å². The van der Waals surface area contributed by atoms with Gasteiger partial charge in [0.25, 0.3) is 5.91 Å². The first kappa shape index (κ1) is 30.5. The van der Waals surface area contributed by atoms with Gasteiger partial charge in [0.2, 0.25) is 0 Å². The molecule has 1 amide bonds. The molecule has 8 heteroatoms. The summed E-state index contributed by atoms with van der Waals surface area (Å²) in [4.78, 5) is 20.8. The minimum absolute atomic E-state index is 0.195. The highest BCUT2D eigenvalue weighted by atomic mass is 16.3. The van der Waals surface area contributed by atoms with E-state index in [1.54, 1.807) is 18.2 Å². The summed E-state index contributed by atoms with van der Waals surface area (Å²) in [5.74, 6) is -0.244. The normalized spacial score (nSPS) is 20.7. The number of nitrogens with one attached hydrogen (secondary N) is 1. The molecule has 6 N–H and O–H groups in total. The SMILES string of the molecule is CC(C)c1ccc2c(c1)C(O)C(O)c1cc(C3=NC(=O)c4c(-c5ccc6c(c5)C(O)C(O)c5cc(C(C)C)ccc5-6)[nH]c(O)c43)ccc1-2. The van der Waals surface area contributed by atoms with Crippen LogP contribution in [0.3, 0.4) is 0 Å². The van der Waals surface area contributed by atoms with Crippen LogP contribution in [0.15, 0.2) is 77.8 Å². The maximum atomic E-state index is 13.5. The van der Waals surface area contributed by atoms with Crippen LogP contribution in [0, 0.1) is 0 Å². The van der Waals surface area contributed by atoms with Gasteiger partial charge in [-0.1, -0.05) is 88.4 Å². The molecular weight excluding hydrogens is 604 g/mol. The van der Waals surface area contributed by atoms with Gasteiger partial charge in [-0.15, -0.1) is 0 Å². The van der Waals surface area contributed by atoms with Gasteiger partial charge in [0.1, 0.15) is 24.4 Å². The molecule has 0 fully saturated rings. The van der Waals surface area contributed by atoms with E-state index in [1.807, 2.05) is 54.6 Å². The number of aromatic nitrogens is 1. The quantitative estimate of drug-likeness (QED) is 0.123. The largest absolute Gasteiger partial charge is 0.494 e. The highest BCUT2D eigenvalue weighted by Gasteiger charge is 2.37. The van der Waals surface area contributed by atoms with Crippen LogP contribution in [0.5, 0.6) is 5.88 Å². The van der Waals surface area contributed by atoms with E-state index in [2.05, 4.69) is 37.7 Å². The third kappa shape index (κ3) is 4.37. The first-order chi connectivity index (χ1) is 22.9. The molecule has 242 valence electrons. The van der Waals surface area contributed by atoms with Crippen LogP contribution in [0.25, 0.3) is 33.5 Å². The van der Waals surface area contributed by atoms with E-state index in [0.717, 1.165) is 33.4 Å². The van der Waals surface area contributed by atoms with Crippen molar-refractivity contribution in [3.05, 3.63) is 123 Å². The van der Waals surface area contributed by atoms with E-state index < -0.39 is 30.3 Å². The van der Waals surface area contributed by atoms with Crippen LogP contribution < -0.4 is 0 Å². The lowest BCUT2D eigenvalue weighted by molar-refractivity contribution is 0.0157. The number of aliphatic hydroxyl groups is 4. The number of H-pyrrole nitrogens is 1. The Kier molecular flexibility index (Phi) is 6.88. The predicted octanol–water partition coefficient (Wildman–Crippen LogP) is 7.12. The number of benzene rings is 4. The lowest BCUT2D eigenvalue weighted by Gasteiger charge is -2.30. The van der Waals surface area contributed by atoms with E-state index in [1.165, 1.54) is 0 Å². The number of carbonyl (C=O) groups is 1. The monoisotopic (exact) mass is 640 g/mol. The van der Waals surface area contributed by atoms with Crippen LogP contribution in [-0.2, 0) is 0 Å². The Morgan fingerprint density at radius 3 is 1.48 bits per heavy atom. The number of nitrogens with zero attached hydrogens (tertiary/aromatic N) is 1. The molecule has 0 bridgehead atoms. The van der Waals surface area contributed by atoms with E-state index in [-0.39, 0.29) is 34.6 Å². The minimum Gasteiger partial charge on any atom is -0.494 e. The zero-order valence-electron chi connectivity index (χ0n) is 27.0. The lowest BCUT2D eigenvalue weighted by atomic mass is 9.79. The van der Waals surface area contributed by atoms with E-state index >= 15 is 0 Å². The molecule has 8 nitrogen and oxygen atoms in total. The molecule has 0 radical (unpaired) electrons. The molecule has 4 atom stereocenters. The minimum atomic E-state index is -1.19. The fourth-order valence-electron chi connectivity index (χ4n) is 7.52. The third-order valence-corrected chi connectivity index (χ3v) is 10.2. The fraction of sp³-hybridized carbons (Fsp3) is 0.250. The molecule has 2 heterocycles. The number of aliphatic imine (C=N–C) groups is 1. The summed E-state index contributed by atoms with van der Waals surface area (Å²) in [5.41, 5.74) is 9.84. The van der Waals surface area contributed by atoms with Gasteiger partial charge in [0.15, 0.2) is 5.88 Å². The lowest BCUT2D eigenvalue weighted by Crippen LogP contribution is -2.18. The van der Waals surface area contributed by atoms with Crippen molar-refractivity contribution in [3.8, 4) is 39.4 Å². The first-order valence-corrected chi connectivity index (χ1v) is 16.3. The number of rotatable bonds is 4. The van der Waals surface area contributed by atoms with Crippen LogP contribution in [0.4, 0.5) is 0 Å². The molecule has 4 aromatic carbocycles. The zero-order valence-corrected chi connectivity index (χ0v) is 27.0. The molecule has 1 aromatic heterocycles. The molecule has 0 spiro atoms. The van der Waals surface area contributed by atoms with Crippen molar-refractivity contribution < 1.29 is 30.3 Å². The Balaban J connectivity index is 1.19. The second-order valence-corrected chi connectivity index (χ2v) is 13.8. The Hall–Kier alpha value is -4.86. The maximum absolute atomic E-state index is 13.5. The average molecular weight is 641 g/mol. The van der Waals surface area contributed by atoms with Crippen molar-refractivity contribution in [2.75, 3.05) is 0 Å². The summed E-state index contributed by atoms with van der Waals surface area (Å²) in [5, 5.41) is 55.8. The Morgan fingerprint density at radius 2 is 1.00 bits per heavy atom. The number of amides is 1. The van der Waals surface area contributed by atoms with E-state index in [0.29, 0.717) is 39.1 Å². The molecule has 8 rings (SSSR count). The summed E-state index contributed by atoms with van der Waals surface area (Å²) < 4.78 is 0. The number of aromatic hydroxyl groups is 1. The second kappa shape index (κ2) is 10.8. The number of fused-ring (bicyclic) bond motifs is 7. The van der Waals surface area contributed by atoms with Crippen LogP contribution >= 0.6 is 0 Å². The molecule has 2 aliphatic carbocycles. The molecule has 1 aliphatic heterocycles. The van der Waals surface area contributed by atoms with E-state index in [4.69, 9.17) is 0 Å². The Morgan fingerprint density at radius 1 is 0.583 bits per heavy atom. The summed E-state index contributed by atoms with van der Waals surface area (Å²) in [6.45, 7) is 8.31. The van der Waals surface area contributed by atoms with Crippen molar-refractivity contribution in [2.24, 2.45) is 4.99 Å². The van der Waals surface area contributed by atoms with Gasteiger partial charge < -0.3 is 30.5 Å². The number of hydrogen-bond acceptors (Lipinski definition) is 6. The van der Waals surface area contributed by atoms with Crippen LogP contribution in [0.1, 0.15) is 119 Å². The number of hydrogen-bond donors (Lipinski definition) is 6. The maximum Gasteiger partial charge on any atom is 0.280 e. The van der Waals surface area contributed by atoms with E-state index in [9.17, 15) is 30.3 Å². The highest BCUT2D eigenvalue weighted by Crippen LogP contribution is 2.49. The Bertz CT molecular complexity index is 2210. The van der Waals surface area contributed by atoms with Crippen molar-refractivity contribution in [1.29, 1.82) is 0 Å². The molecule has 3 aliphatic rings. The standard InChI is InChI=1S/C40H36N2O6/c1-17(2)19-5-9-23-25-11-7-21(15-29(25)37(45)35(43)27(23)13-19)33-31-32(40(48)41-33)34(42-39(31)47)22-8-12-26-24-10-6-20(18(3)4)14-28(24)36(44)38(46)30(26)16-22/h5-18,35-38,41,43-46,48H,1-4H3. The molecule has 0 saturated carbocycles. The van der Waals surface area contributed by atoms with Gasteiger partial charge in [0, 0.05) is 5.56 Å². The summed E-state index contributed by atoms with van der Waals surface area (Å²) >= 11 is 0. The van der Waals surface area contributed by atoms with Crippen molar-refractivity contribution in [3.63, 3.8) is 0 Å². The Labute approximate surface area is 277 Å². The number of aromatic amines is 1. The molecule has 4 unspecified atom stereocenters. The van der Waals surface area contributed by atoms with Crippen LogP contribution in [-0.4, -0.2) is 42.1 Å². The number of aliphatic hydroxyl groups excluding tert-OH is 4. The second-order valence-electron chi connectivity index (χ2n) is 13.8. The topological polar surface area (TPSA) is 146 Å². The van der Waals surface area contributed by atoms with Crippen molar-refractivity contribution >= 4 is 11.6 Å². The average Bonchev–Trinajstić information content (AvgIpc) is 3.62. The molecule has 0 saturated heterocycles. The van der Waals surface area contributed by atoms with Crippen molar-refractivity contribution in [2.45, 2.75) is 63.9 Å². The molecule has 48 heavy (non-hydrogen) atoms. The highest BCUT2D eigenvalue weighted by molar-refractivity contribution is 6.30. The summed E-state index contributed by atoms with van der Waals surface area (Å²) in [7, 11) is 0. The van der Waals surface area contributed by atoms with Gasteiger partial charge in [-0.2, -0.15) is 0 Å². The molecular formula is C40H36N2O6. The number of carbonyl (C=O) groups excluding carboxylic acids is 1. The smallest absolute Gasteiger partial charge is 0.280 e. The van der Waals surface area contributed by atoms with Crippen LogP contribution in [0.2, 0.25) is 0 Å². The van der Waals surface area contributed by atoms with Gasteiger partial charge in [-0.05, 0) is 85.2 Å². The van der Waals surface area contributed by atoms with Gasteiger partial charge in [0.05, 0.1) is 22.5 Å². The van der Waals surface area contributed by atoms with Crippen molar-refractivity contribution in [1.82, 2.24) is 4.98 Å². The van der Waals surface area contributed by atoms with Gasteiger partial charge >= 0.3 is 0 Å². The molecule has 5 aromatic rings. The first-order valence-electron chi connectivity index (χ1n) is 16.3. The predicted molar refractivity (Wildman–Crippen MR) is 183 cm³/mol. The summed E-state index contributed by atoms with van der Waals surface area (Å²) in [6.07, 6.45) is -4.63. The zero-order chi connectivity index (χ0) is 33.8. The third-order valence-electron chi connectivity index (χ3n) is 10.2. The fourth-order valence-corrected chi connectivity index (χ4v) is 7.52. The van der Waals surface area contributed by atoms with Gasteiger partial charge in [-0.3, -0.25) is 4.79 Å².